The molecular formula is C12H20N2O3S2. The van der Waals surface area contributed by atoms with Crippen LogP contribution in [0.5, 0.6) is 0 Å². The molecule has 1 aliphatic heterocycles. The van der Waals surface area contributed by atoms with E-state index < -0.39 is 10.0 Å². The molecular weight excluding hydrogens is 284 g/mol. The first-order chi connectivity index (χ1) is 9.07. The van der Waals surface area contributed by atoms with Crippen molar-refractivity contribution in [1.82, 2.24) is 4.31 Å². The highest BCUT2D eigenvalue weighted by Crippen LogP contribution is 2.26. The van der Waals surface area contributed by atoms with Crippen molar-refractivity contribution in [2.24, 2.45) is 11.7 Å². The predicted molar refractivity (Wildman–Crippen MR) is 75.6 cm³/mol. The maximum absolute atomic E-state index is 12.5. The molecule has 0 aromatic carbocycles. The monoisotopic (exact) mass is 304 g/mol. The summed E-state index contributed by atoms with van der Waals surface area (Å²) >= 11 is 1.40. The molecule has 0 amide bonds. The number of methoxy groups -OCH3 is 1. The van der Waals surface area contributed by atoms with Gasteiger partial charge in [0.1, 0.15) is 0 Å². The number of hydrogen-bond donors (Lipinski definition) is 1. The Morgan fingerprint density at radius 2 is 2.37 bits per heavy atom. The van der Waals surface area contributed by atoms with Crippen LogP contribution in [0.4, 0.5) is 0 Å². The summed E-state index contributed by atoms with van der Waals surface area (Å²) in [4.78, 5) is 1.26. The van der Waals surface area contributed by atoms with Gasteiger partial charge in [-0.3, -0.25) is 0 Å². The Kier molecular flexibility index (Phi) is 4.97. The minimum Gasteiger partial charge on any atom is -0.384 e. The van der Waals surface area contributed by atoms with Gasteiger partial charge in [0, 0.05) is 37.0 Å². The fraction of sp³-hybridized carbons (Fsp3) is 0.667. The van der Waals surface area contributed by atoms with Crippen LogP contribution in [-0.2, 0) is 21.3 Å². The van der Waals surface area contributed by atoms with Crippen LogP contribution >= 0.6 is 11.3 Å². The number of nitrogens with zero attached hydrogens (tertiary/aromatic N) is 1. The molecule has 5 nitrogen and oxygen atoms in total. The van der Waals surface area contributed by atoms with Gasteiger partial charge in [-0.1, -0.05) is 0 Å². The summed E-state index contributed by atoms with van der Waals surface area (Å²) in [6, 6.07) is 1.68. The summed E-state index contributed by atoms with van der Waals surface area (Å²) in [5.41, 5.74) is 5.53. The second-order valence-electron chi connectivity index (χ2n) is 4.78. The highest BCUT2D eigenvalue weighted by Gasteiger charge is 2.30. The van der Waals surface area contributed by atoms with Gasteiger partial charge in [-0.15, -0.1) is 11.3 Å². The lowest BCUT2D eigenvalue weighted by atomic mass is 10.0. The van der Waals surface area contributed by atoms with Gasteiger partial charge in [-0.2, -0.15) is 4.31 Å². The van der Waals surface area contributed by atoms with Crippen molar-refractivity contribution >= 4 is 21.4 Å². The fourth-order valence-corrected chi connectivity index (χ4v) is 5.07. The molecule has 0 radical (unpaired) electrons. The number of hydrogen-bond acceptors (Lipinski definition) is 5. The van der Waals surface area contributed by atoms with Crippen LogP contribution in [0.15, 0.2) is 16.3 Å². The number of ether oxygens (including phenoxy) is 1. The summed E-state index contributed by atoms with van der Waals surface area (Å²) in [5.74, 6) is 0.293. The number of rotatable bonds is 5. The Hall–Kier alpha value is -0.470. The fourth-order valence-electron chi connectivity index (χ4n) is 2.37. The van der Waals surface area contributed by atoms with Gasteiger partial charge in [0.2, 0.25) is 10.0 Å². The number of thiophene rings is 1. The highest BCUT2D eigenvalue weighted by atomic mass is 32.2. The molecule has 0 bridgehead atoms. The molecule has 1 unspecified atom stereocenters. The standard InChI is InChI=1S/C12H20N2O3S2/c1-17-8-10-3-2-4-14(7-10)19(15,16)12-5-11(6-13)18-9-12/h5,9-10H,2-4,6-8,13H2,1H3. The summed E-state index contributed by atoms with van der Waals surface area (Å²) in [6.07, 6.45) is 1.92. The lowest BCUT2D eigenvalue weighted by Gasteiger charge is -2.31. The Morgan fingerprint density at radius 3 is 3.00 bits per heavy atom. The van der Waals surface area contributed by atoms with Gasteiger partial charge in [-0.25, -0.2) is 8.42 Å². The van der Waals surface area contributed by atoms with Gasteiger partial charge in [0.05, 0.1) is 11.5 Å². The van der Waals surface area contributed by atoms with Crippen molar-refractivity contribution < 1.29 is 13.2 Å². The molecule has 1 aromatic rings. The molecule has 7 heteroatoms. The van der Waals surface area contributed by atoms with Crippen molar-refractivity contribution in [3.63, 3.8) is 0 Å². The van der Waals surface area contributed by atoms with E-state index in [1.807, 2.05) is 0 Å². The summed E-state index contributed by atoms with van der Waals surface area (Å²) in [5, 5.41) is 1.68. The van der Waals surface area contributed by atoms with Crippen molar-refractivity contribution in [3.05, 3.63) is 16.3 Å². The second-order valence-corrected chi connectivity index (χ2v) is 7.71. The number of piperidine rings is 1. The van der Waals surface area contributed by atoms with Gasteiger partial charge in [0.25, 0.3) is 0 Å². The average Bonchev–Trinajstić information content (AvgIpc) is 2.89. The molecule has 1 aromatic heterocycles. The van der Waals surface area contributed by atoms with Crippen LogP contribution in [0.1, 0.15) is 17.7 Å². The lowest BCUT2D eigenvalue weighted by molar-refractivity contribution is 0.118. The normalized spacial score (nSPS) is 21.7. The zero-order chi connectivity index (χ0) is 13.9. The topological polar surface area (TPSA) is 72.6 Å². The van der Waals surface area contributed by atoms with E-state index in [9.17, 15) is 8.42 Å². The zero-order valence-corrected chi connectivity index (χ0v) is 12.7. The molecule has 0 aliphatic carbocycles. The molecule has 108 valence electrons. The minimum absolute atomic E-state index is 0.293. The maximum Gasteiger partial charge on any atom is 0.243 e. The van der Waals surface area contributed by atoms with Crippen LogP contribution in [0.3, 0.4) is 0 Å². The number of nitrogens with two attached hydrogens (primary N) is 1. The van der Waals surface area contributed by atoms with Gasteiger partial charge in [0.15, 0.2) is 0 Å². The van der Waals surface area contributed by atoms with Crippen LogP contribution in [0.25, 0.3) is 0 Å². The minimum atomic E-state index is -3.37. The largest absolute Gasteiger partial charge is 0.384 e. The lowest BCUT2D eigenvalue weighted by Crippen LogP contribution is -2.40. The first-order valence-electron chi connectivity index (χ1n) is 6.34. The van der Waals surface area contributed by atoms with E-state index in [2.05, 4.69) is 0 Å². The summed E-state index contributed by atoms with van der Waals surface area (Å²) in [6.45, 7) is 2.14. The van der Waals surface area contributed by atoms with E-state index in [1.165, 1.54) is 11.3 Å². The van der Waals surface area contributed by atoms with Crippen molar-refractivity contribution in [2.45, 2.75) is 24.3 Å². The molecule has 1 aliphatic rings. The third-order valence-electron chi connectivity index (χ3n) is 3.35. The molecule has 0 spiro atoms. The van der Waals surface area contributed by atoms with E-state index in [0.717, 1.165) is 17.7 Å². The first kappa shape index (κ1) is 14.9. The van der Waals surface area contributed by atoms with Crippen molar-refractivity contribution in [1.29, 1.82) is 0 Å². The molecule has 2 N–H and O–H groups in total. The van der Waals surface area contributed by atoms with Crippen molar-refractivity contribution in [3.8, 4) is 0 Å². The highest BCUT2D eigenvalue weighted by molar-refractivity contribution is 7.89. The summed E-state index contributed by atoms with van der Waals surface area (Å²) in [7, 11) is -1.72. The molecule has 1 fully saturated rings. The number of sulfonamides is 1. The smallest absolute Gasteiger partial charge is 0.243 e. The first-order valence-corrected chi connectivity index (χ1v) is 8.66. The second kappa shape index (κ2) is 6.32. The third kappa shape index (κ3) is 3.35. The quantitative estimate of drug-likeness (QED) is 0.888. The van der Waals surface area contributed by atoms with E-state index in [4.69, 9.17) is 10.5 Å². The molecule has 1 saturated heterocycles. The Bertz CT molecular complexity index is 511. The van der Waals surface area contributed by atoms with E-state index in [-0.39, 0.29) is 0 Å². The van der Waals surface area contributed by atoms with Crippen LogP contribution in [0.2, 0.25) is 0 Å². The van der Waals surface area contributed by atoms with Gasteiger partial charge in [-0.05, 0) is 24.8 Å². The van der Waals surface area contributed by atoms with Crippen LogP contribution < -0.4 is 5.73 Å². The third-order valence-corrected chi connectivity index (χ3v) is 6.30. The van der Waals surface area contributed by atoms with E-state index in [1.54, 1.807) is 22.9 Å². The van der Waals surface area contributed by atoms with Gasteiger partial charge >= 0.3 is 0 Å². The Labute approximate surface area is 118 Å². The molecule has 2 heterocycles. The SMILES string of the molecule is COCC1CCCN(S(=O)(=O)c2csc(CN)c2)C1. The average molecular weight is 304 g/mol. The van der Waals surface area contributed by atoms with E-state index >= 15 is 0 Å². The summed E-state index contributed by atoms with van der Waals surface area (Å²) < 4.78 is 31.7. The molecule has 0 saturated carbocycles. The zero-order valence-electron chi connectivity index (χ0n) is 11.0. The molecule has 19 heavy (non-hydrogen) atoms. The van der Waals surface area contributed by atoms with Crippen LogP contribution in [0, 0.1) is 5.92 Å². The maximum atomic E-state index is 12.5. The van der Waals surface area contributed by atoms with Crippen molar-refractivity contribution in [2.75, 3.05) is 26.8 Å². The van der Waals surface area contributed by atoms with Crippen LogP contribution in [-0.4, -0.2) is 39.5 Å². The van der Waals surface area contributed by atoms with Gasteiger partial charge < -0.3 is 10.5 Å². The molecule has 2 rings (SSSR count). The molecule has 1 atom stereocenters. The Morgan fingerprint density at radius 1 is 1.58 bits per heavy atom. The predicted octanol–water partition coefficient (Wildman–Crippen LogP) is 1.25. The Balaban J connectivity index is 2.14. The van der Waals surface area contributed by atoms with E-state index in [0.29, 0.717) is 37.1 Å².